The molecule has 2 heterocycles. The lowest BCUT2D eigenvalue weighted by molar-refractivity contribution is -0.136. The van der Waals surface area contributed by atoms with Crippen LogP contribution in [-0.4, -0.2) is 30.8 Å². The van der Waals surface area contributed by atoms with Crippen molar-refractivity contribution in [3.05, 3.63) is 57.7 Å². The van der Waals surface area contributed by atoms with Crippen molar-refractivity contribution in [3.8, 4) is 11.3 Å². The Bertz CT molecular complexity index is 1040. The van der Waals surface area contributed by atoms with Gasteiger partial charge in [-0.25, -0.2) is 9.50 Å². The molecule has 2 N–H and O–H groups in total. The lowest BCUT2D eigenvalue weighted by atomic mass is 10.1. The van der Waals surface area contributed by atoms with Gasteiger partial charge in [0.25, 0.3) is 0 Å². The molecule has 122 valence electrons. The largest absolute Gasteiger partial charge is 0.511 e. The molecule has 0 radical (unpaired) electrons. The van der Waals surface area contributed by atoms with Gasteiger partial charge in [0.2, 0.25) is 0 Å². The topological polar surface area (TPSA) is 105 Å². The van der Waals surface area contributed by atoms with E-state index in [0.717, 1.165) is 11.1 Å². The van der Waals surface area contributed by atoms with E-state index in [4.69, 9.17) is 5.11 Å². The molecule has 0 aliphatic rings. The standard InChI is InChI=1S/C17H15N3O4/c1-10-3-2-4-11(7-10)12-8-14(22)16(13(21)5-6-15(23)24)17-18-9-19-20(12)17/h2-4,7-9,21H,5-6H2,1H3,(H,23,24)/b16-13-. The first-order valence-electron chi connectivity index (χ1n) is 7.35. The van der Waals surface area contributed by atoms with Gasteiger partial charge in [0, 0.05) is 18.1 Å². The Morgan fingerprint density at radius 1 is 1.21 bits per heavy atom. The van der Waals surface area contributed by atoms with Crippen molar-refractivity contribution in [2.75, 3.05) is 0 Å². The minimum absolute atomic E-state index is 0.00912. The quantitative estimate of drug-likeness (QED) is 0.749. The number of aryl methyl sites for hydroxylation is 1. The summed E-state index contributed by atoms with van der Waals surface area (Å²) in [5.74, 6) is -1.35. The number of aliphatic hydroxyl groups is 1. The predicted octanol–water partition coefficient (Wildman–Crippen LogP) is 1.31. The average Bonchev–Trinajstić information content (AvgIpc) is 3.01. The lowest BCUT2D eigenvalue weighted by Gasteiger charge is -2.06. The fourth-order valence-electron chi connectivity index (χ4n) is 2.59. The van der Waals surface area contributed by atoms with Gasteiger partial charge in [-0.1, -0.05) is 23.8 Å². The van der Waals surface area contributed by atoms with Crippen LogP contribution < -0.4 is 10.6 Å². The maximum atomic E-state index is 12.5. The second-order valence-corrected chi connectivity index (χ2v) is 5.47. The molecule has 0 aliphatic carbocycles. The number of hydrogen-bond donors (Lipinski definition) is 2. The van der Waals surface area contributed by atoms with Crippen LogP contribution in [0.1, 0.15) is 18.4 Å². The highest BCUT2D eigenvalue weighted by molar-refractivity contribution is 5.69. The molecule has 0 atom stereocenters. The van der Waals surface area contributed by atoms with Crippen LogP contribution in [0.4, 0.5) is 0 Å². The Labute approximate surface area is 136 Å². The molecular weight excluding hydrogens is 310 g/mol. The number of carboxylic acid groups (broad SMARTS) is 1. The normalized spacial score (nSPS) is 12.4. The number of carbonyl (C=O) groups is 1. The van der Waals surface area contributed by atoms with Gasteiger partial charge in [0.05, 0.1) is 12.1 Å². The molecular formula is C17H15N3O4. The van der Waals surface area contributed by atoms with Gasteiger partial charge in [0.15, 0.2) is 11.1 Å². The first-order chi connectivity index (χ1) is 11.5. The minimum atomic E-state index is -1.05. The Kier molecular flexibility index (Phi) is 3.99. The van der Waals surface area contributed by atoms with Gasteiger partial charge < -0.3 is 10.2 Å². The Morgan fingerprint density at radius 3 is 2.71 bits per heavy atom. The zero-order valence-corrected chi connectivity index (χ0v) is 12.9. The number of fused-ring (bicyclic) bond motifs is 1. The summed E-state index contributed by atoms with van der Waals surface area (Å²) in [6.07, 6.45) is 0.879. The molecule has 0 unspecified atom stereocenters. The number of pyridine rings is 1. The fourth-order valence-corrected chi connectivity index (χ4v) is 2.59. The summed E-state index contributed by atoms with van der Waals surface area (Å²) < 4.78 is 1.47. The maximum Gasteiger partial charge on any atom is 0.303 e. The SMILES string of the molecule is Cc1cccc(-c2cc(=O)/c(=C(/O)CCC(=O)O)c3ncnn23)c1. The number of aliphatic hydroxyl groups excluding tert-OH is 1. The van der Waals surface area contributed by atoms with Gasteiger partial charge in [-0.3, -0.25) is 9.59 Å². The van der Waals surface area contributed by atoms with Gasteiger partial charge in [-0.05, 0) is 13.0 Å². The van der Waals surface area contributed by atoms with Crippen molar-refractivity contribution < 1.29 is 15.0 Å². The number of hydrogen-bond acceptors (Lipinski definition) is 5. The molecule has 0 saturated heterocycles. The molecule has 3 aromatic rings. The molecule has 24 heavy (non-hydrogen) atoms. The van der Waals surface area contributed by atoms with Crippen molar-refractivity contribution in [1.29, 1.82) is 0 Å². The van der Waals surface area contributed by atoms with Gasteiger partial charge in [-0.15, -0.1) is 0 Å². The highest BCUT2D eigenvalue weighted by atomic mass is 16.4. The molecule has 0 saturated carbocycles. The first-order valence-corrected chi connectivity index (χ1v) is 7.35. The lowest BCUT2D eigenvalue weighted by Crippen LogP contribution is -2.30. The van der Waals surface area contributed by atoms with Crippen molar-refractivity contribution in [2.24, 2.45) is 0 Å². The molecule has 7 heteroatoms. The Balaban J connectivity index is 2.26. The second-order valence-electron chi connectivity index (χ2n) is 5.47. The summed E-state index contributed by atoms with van der Waals surface area (Å²) in [6.45, 7) is 1.94. The summed E-state index contributed by atoms with van der Waals surface area (Å²) in [7, 11) is 0. The van der Waals surface area contributed by atoms with Crippen LogP contribution in [0.3, 0.4) is 0 Å². The fraction of sp³-hybridized carbons (Fsp3) is 0.176. The van der Waals surface area contributed by atoms with E-state index in [2.05, 4.69) is 10.1 Å². The van der Waals surface area contributed by atoms with Crippen LogP contribution >= 0.6 is 0 Å². The van der Waals surface area contributed by atoms with Crippen LogP contribution in [0.2, 0.25) is 0 Å². The first kappa shape index (κ1) is 15.7. The summed E-state index contributed by atoms with van der Waals surface area (Å²) in [5.41, 5.74) is 2.19. The third kappa shape index (κ3) is 2.83. The number of carboxylic acids is 1. The van der Waals surface area contributed by atoms with Crippen molar-refractivity contribution in [1.82, 2.24) is 14.6 Å². The van der Waals surface area contributed by atoms with Crippen LogP contribution in [0, 0.1) is 6.92 Å². The van der Waals surface area contributed by atoms with Crippen molar-refractivity contribution in [2.45, 2.75) is 19.8 Å². The summed E-state index contributed by atoms with van der Waals surface area (Å²) in [4.78, 5) is 27.2. The zero-order chi connectivity index (χ0) is 17.3. The van der Waals surface area contributed by atoms with E-state index in [9.17, 15) is 14.7 Å². The number of nitrogens with zero attached hydrogens (tertiary/aromatic N) is 3. The van der Waals surface area contributed by atoms with Crippen molar-refractivity contribution >= 4 is 17.4 Å². The molecule has 0 spiro atoms. The Hall–Kier alpha value is -3.22. The zero-order valence-electron chi connectivity index (χ0n) is 12.9. The number of aromatic nitrogens is 3. The molecule has 0 fully saturated rings. The molecule has 7 nitrogen and oxygen atoms in total. The highest BCUT2D eigenvalue weighted by Crippen LogP contribution is 2.18. The van der Waals surface area contributed by atoms with Gasteiger partial charge >= 0.3 is 5.97 Å². The molecule has 0 aliphatic heterocycles. The molecule has 0 amide bonds. The average molecular weight is 325 g/mol. The minimum Gasteiger partial charge on any atom is -0.511 e. The van der Waals surface area contributed by atoms with E-state index >= 15 is 0 Å². The molecule has 1 aromatic carbocycles. The van der Waals surface area contributed by atoms with Gasteiger partial charge in [-0.2, -0.15) is 5.10 Å². The summed E-state index contributed by atoms with van der Waals surface area (Å²) in [5, 5.41) is 23.0. The predicted molar refractivity (Wildman–Crippen MR) is 87.6 cm³/mol. The highest BCUT2D eigenvalue weighted by Gasteiger charge is 2.13. The monoisotopic (exact) mass is 325 g/mol. The van der Waals surface area contributed by atoms with E-state index in [1.807, 2.05) is 31.2 Å². The van der Waals surface area contributed by atoms with Crippen molar-refractivity contribution in [3.63, 3.8) is 0 Å². The Morgan fingerprint density at radius 2 is 2.00 bits per heavy atom. The van der Waals surface area contributed by atoms with Crippen LogP contribution in [0.25, 0.3) is 22.7 Å². The van der Waals surface area contributed by atoms with Crippen LogP contribution in [0.5, 0.6) is 0 Å². The van der Waals surface area contributed by atoms with E-state index < -0.39 is 11.4 Å². The van der Waals surface area contributed by atoms with Gasteiger partial charge in [0.1, 0.15) is 17.3 Å². The van der Waals surface area contributed by atoms with Crippen LogP contribution in [-0.2, 0) is 4.79 Å². The number of aliphatic carboxylic acids is 1. The van der Waals surface area contributed by atoms with Crippen LogP contribution in [0.15, 0.2) is 41.5 Å². The summed E-state index contributed by atoms with van der Waals surface area (Å²) >= 11 is 0. The molecule has 0 bridgehead atoms. The van der Waals surface area contributed by atoms with E-state index in [0.29, 0.717) is 5.69 Å². The molecule has 3 rings (SSSR count). The summed E-state index contributed by atoms with van der Waals surface area (Å²) in [6, 6.07) is 8.98. The third-order valence-corrected chi connectivity index (χ3v) is 3.69. The maximum absolute atomic E-state index is 12.5. The number of rotatable bonds is 4. The van der Waals surface area contributed by atoms with E-state index in [1.165, 1.54) is 16.9 Å². The smallest absolute Gasteiger partial charge is 0.303 e. The second kappa shape index (κ2) is 6.11. The van der Waals surface area contributed by atoms with E-state index in [1.54, 1.807) is 0 Å². The van der Waals surface area contributed by atoms with E-state index in [-0.39, 0.29) is 29.5 Å². The number of benzene rings is 1. The third-order valence-electron chi connectivity index (χ3n) is 3.69. The molecule has 2 aromatic heterocycles.